The molecule has 24 heavy (non-hydrogen) atoms. The normalized spacial score (nSPS) is 10.9. The molecule has 124 valence electrons. The summed E-state index contributed by atoms with van der Waals surface area (Å²) in [5.74, 6) is -0.0973. The van der Waals surface area contributed by atoms with Crippen LogP contribution in [0.1, 0.15) is 18.1 Å². The van der Waals surface area contributed by atoms with E-state index in [0.29, 0.717) is 30.7 Å². The van der Waals surface area contributed by atoms with E-state index < -0.39 is 0 Å². The molecule has 7 heteroatoms. The Morgan fingerprint density at radius 3 is 2.71 bits per heavy atom. The Kier molecular flexibility index (Phi) is 4.41. The maximum atomic E-state index is 12.6. The van der Waals surface area contributed by atoms with Gasteiger partial charge in [-0.2, -0.15) is 5.10 Å². The molecule has 2 heterocycles. The minimum absolute atomic E-state index is 0.0973. The van der Waals surface area contributed by atoms with E-state index in [-0.39, 0.29) is 11.5 Å². The highest BCUT2D eigenvalue weighted by Gasteiger charge is 2.10. The molecule has 0 atom stereocenters. The highest BCUT2D eigenvalue weighted by atomic mass is 16.1. The van der Waals surface area contributed by atoms with Crippen LogP contribution in [-0.4, -0.2) is 31.8 Å². The molecule has 1 amide bonds. The predicted molar refractivity (Wildman–Crippen MR) is 90.8 cm³/mol. The number of aromatic nitrogens is 4. The summed E-state index contributed by atoms with van der Waals surface area (Å²) in [6.45, 7) is 4.87. The van der Waals surface area contributed by atoms with Gasteiger partial charge in [-0.25, -0.2) is 9.67 Å². The number of hydrogen-bond donors (Lipinski definition) is 1. The Labute approximate surface area is 138 Å². The summed E-state index contributed by atoms with van der Waals surface area (Å²) in [6.07, 6.45) is 3.07. The second-order valence-electron chi connectivity index (χ2n) is 5.75. The fourth-order valence-corrected chi connectivity index (χ4v) is 2.50. The van der Waals surface area contributed by atoms with Gasteiger partial charge in [0.2, 0.25) is 5.91 Å². The van der Waals surface area contributed by atoms with Crippen molar-refractivity contribution in [3.05, 3.63) is 58.3 Å². The summed E-state index contributed by atoms with van der Waals surface area (Å²) >= 11 is 0. The number of amides is 1. The minimum atomic E-state index is -0.119. The van der Waals surface area contributed by atoms with Crippen LogP contribution in [-0.2, 0) is 17.9 Å². The van der Waals surface area contributed by atoms with Crippen LogP contribution in [0.2, 0.25) is 0 Å². The van der Waals surface area contributed by atoms with Gasteiger partial charge in [-0.15, -0.1) is 0 Å². The summed E-state index contributed by atoms with van der Waals surface area (Å²) in [5.41, 5.74) is 2.64. The third-order valence-electron chi connectivity index (χ3n) is 3.79. The van der Waals surface area contributed by atoms with E-state index in [1.807, 2.05) is 31.2 Å². The molecule has 1 N–H and O–H groups in total. The van der Waals surface area contributed by atoms with E-state index in [1.54, 1.807) is 15.6 Å². The second kappa shape index (κ2) is 6.66. The molecule has 0 unspecified atom stereocenters. The molecule has 0 aliphatic rings. The highest BCUT2D eigenvalue weighted by molar-refractivity contribution is 5.73. The van der Waals surface area contributed by atoms with Crippen molar-refractivity contribution in [3.63, 3.8) is 0 Å². The Morgan fingerprint density at radius 1 is 1.25 bits per heavy atom. The van der Waals surface area contributed by atoms with Crippen molar-refractivity contribution in [2.75, 3.05) is 6.54 Å². The fourth-order valence-electron chi connectivity index (χ4n) is 2.50. The van der Waals surface area contributed by atoms with E-state index in [0.717, 1.165) is 5.56 Å². The van der Waals surface area contributed by atoms with Gasteiger partial charge in [-0.3, -0.25) is 14.2 Å². The molecule has 0 bridgehead atoms. The number of hydrogen-bond acceptors (Lipinski definition) is 4. The first-order valence-corrected chi connectivity index (χ1v) is 7.75. The lowest BCUT2D eigenvalue weighted by atomic mass is 10.1. The molecule has 0 radical (unpaired) electrons. The standard InChI is InChI=1S/C17H19N5O2/c1-12-3-5-14(6-4-12)10-21-11-19-16-15(17(21)24)9-20-22(16)8-7-18-13(2)23/h3-6,9,11H,7-8,10H2,1-2H3,(H,18,23). The Morgan fingerprint density at radius 2 is 2.00 bits per heavy atom. The molecule has 0 aliphatic carbocycles. The van der Waals surface area contributed by atoms with Crippen LogP contribution in [0.3, 0.4) is 0 Å². The number of nitrogens with one attached hydrogen (secondary N) is 1. The third-order valence-corrected chi connectivity index (χ3v) is 3.79. The first-order chi connectivity index (χ1) is 11.5. The SMILES string of the molecule is CC(=O)NCCn1ncc2c(=O)n(Cc3ccc(C)cc3)cnc21. The number of carbonyl (C=O) groups excluding carboxylic acids is 1. The van der Waals surface area contributed by atoms with Crippen molar-refractivity contribution in [1.82, 2.24) is 24.6 Å². The Bertz CT molecular complexity index is 924. The van der Waals surface area contributed by atoms with Crippen LogP contribution >= 0.6 is 0 Å². The van der Waals surface area contributed by atoms with Crippen molar-refractivity contribution in [3.8, 4) is 0 Å². The zero-order valence-electron chi connectivity index (χ0n) is 13.7. The van der Waals surface area contributed by atoms with Gasteiger partial charge in [0.05, 0.1) is 19.3 Å². The monoisotopic (exact) mass is 325 g/mol. The molecule has 0 spiro atoms. The lowest BCUT2D eigenvalue weighted by molar-refractivity contribution is -0.118. The Hall–Kier alpha value is -2.96. The minimum Gasteiger partial charge on any atom is -0.354 e. The zero-order valence-corrected chi connectivity index (χ0v) is 13.7. The number of nitrogens with zero attached hydrogens (tertiary/aromatic N) is 4. The largest absolute Gasteiger partial charge is 0.354 e. The highest BCUT2D eigenvalue weighted by Crippen LogP contribution is 2.08. The molecule has 0 fully saturated rings. The zero-order chi connectivity index (χ0) is 17.1. The third kappa shape index (κ3) is 3.34. The van der Waals surface area contributed by atoms with Gasteiger partial charge in [0.25, 0.3) is 5.56 Å². The van der Waals surface area contributed by atoms with Crippen molar-refractivity contribution in [1.29, 1.82) is 0 Å². The smallest absolute Gasteiger partial charge is 0.264 e. The lowest BCUT2D eigenvalue weighted by Crippen LogP contribution is -2.25. The number of fused-ring (bicyclic) bond motifs is 1. The average Bonchev–Trinajstić information content (AvgIpc) is 2.96. The predicted octanol–water partition coefficient (Wildman–Crippen LogP) is 1.09. The van der Waals surface area contributed by atoms with Gasteiger partial charge in [0.15, 0.2) is 5.65 Å². The van der Waals surface area contributed by atoms with Gasteiger partial charge in [0, 0.05) is 13.5 Å². The molecule has 7 nitrogen and oxygen atoms in total. The Balaban J connectivity index is 1.84. The van der Waals surface area contributed by atoms with Gasteiger partial charge >= 0.3 is 0 Å². The summed E-state index contributed by atoms with van der Waals surface area (Å²) in [7, 11) is 0. The number of carbonyl (C=O) groups is 1. The maximum absolute atomic E-state index is 12.6. The topological polar surface area (TPSA) is 81.8 Å². The van der Waals surface area contributed by atoms with Crippen LogP contribution < -0.4 is 10.9 Å². The van der Waals surface area contributed by atoms with Gasteiger partial charge in [-0.05, 0) is 12.5 Å². The molecular weight excluding hydrogens is 306 g/mol. The number of benzene rings is 1. The van der Waals surface area contributed by atoms with Gasteiger partial charge in [-0.1, -0.05) is 29.8 Å². The van der Waals surface area contributed by atoms with E-state index in [1.165, 1.54) is 18.7 Å². The van der Waals surface area contributed by atoms with Crippen LogP contribution in [0, 0.1) is 6.92 Å². The molecular formula is C17H19N5O2. The molecule has 0 saturated heterocycles. The lowest BCUT2D eigenvalue weighted by Gasteiger charge is -2.07. The summed E-state index contributed by atoms with van der Waals surface area (Å²) in [4.78, 5) is 27.9. The van der Waals surface area contributed by atoms with Crippen molar-refractivity contribution in [2.24, 2.45) is 0 Å². The molecule has 1 aromatic carbocycles. The second-order valence-corrected chi connectivity index (χ2v) is 5.75. The van der Waals surface area contributed by atoms with Crippen molar-refractivity contribution >= 4 is 16.9 Å². The van der Waals surface area contributed by atoms with Crippen LogP contribution in [0.15, 0.2) is 41.6 Å². The molecule has 2 aromatic heterocycles. The maximum Gasteiger partial charge on any atom is 0.264 e. The van der Waals surface area contributed by atoms with E-state index >= 15 is 0 Å². The van der Waals surface area contributed by atoms with E-state index in [2.05, 4.69) is 15.4 Å². The molecule has 0 saturated carbocycles. The summed E-state index contributed by atoms with van der Waals surface area (Å²) in [5, 5.41) is 7.38. The van der Waals surface area contributed by atoms with Crippen LogP contribution in [0.5, 0.6) is 0 Å². The first-order valence-electron chi connectivity index (χ1n) is 7.75. The van der Waals surface area contributed by atoms with Gasteiger partial charge in [0.1, 0.15) is 11.7 Å². The molecule has 0 aliphatic heterocycles. The first kappa shape index (κ1) is 15.9. The van der Waals surface area contributed by atoms with Crippen LogP contribution in [0.25, 0.3) is 11.0 Å². The quantitative estimate of drug-likeness (QED) is 0.761. The average molecular weight is 325 g/mol. The van der Waals surface area contributed by atoms with E-state index in [4.69, 9.17) is 0 Å². The van der Waals surface area contributed by atoms with Crippen molar-refractivity contribution < 1.29 is 4.79 Å². The fraction of sp³-hybridized carbons (Fsp3) is 0.294. The molecule has 3 rings (SSSR count). The molecule has 3 aromatic rings. The van der Waals surface area contributed by atoms with Crippen molar-refractivity contribution in [2.45, 2.75) is 26.9 Å². The summed E-state index contributed by atoms with van der Waals surface area (Å²) in [6, 6.07) is 8.05. The summed E-state index contributed by atoms with van der Waals surface area (Å²) < 4.78 is 3.20. The number of rotatable bonds is 5. The number of aryl methyl sites for hydroxylation is 1. The van der Waals surface area contributed by atoms with E-state index in [9.17, 15) is 9.59 Å². The van der Waals surface area contributed by atoms with Crippen LogP contribution in [0.4, 0.5) is 0 Å². The van der Waals surface area contributed by atoms with Gasteiger partial charge < -0.3 is 5.32 Å².